The molecule has 9 heteroatoms. The molecule has 0 spiro atoms. The predicted octanol–water partition coefficient (Wildman–Crippen LogP) is 4.17. The van der Waals surface area contributed by atoms with Gasteiger partial charge in [-0.15, -0.1) is 0 Å². The van der Waals surface area contributed by atoms with Crippen LogP contribution in [0.15, 0.2) is 78.9 Å². The lowest BCUT2D eigenvalue weighted by atomic mass is 10.0. The van der Waals surface area contributed by atoms with Crippen molar-refractivity contribution in [2.75, 3.05) is 31.5 Å². The van der Waals surface area contributed by atoms with Crippen LogP contribution in [0.4, 0.5) is 5.69 Å². The molecule has 3 aromatic rings. The lowest BCUT2D eigenvalue weighted by Gasteiger charge is -2.37. The monoisotopic (exact) mass is 517 g/mol. The van der Waals surface area contributed by atoms with Gasteiger partial charge in [0.05, 0.1) is 18.7 Å². The van der Waals surface area contributed by atoms with Crippen molar-refractivity contribution in [3.63, 3.8) is 0 Å². The first-order valence-corrected chi connectivity index (χ1v) is 12.5. The zero-order valence-corrected chi connectivity index (χ0v) is 21.0. The number of ether oxygens (including phenoxy) is 1. The van der Waals surface area contributed by atoms with Crippen LogP contribution in [0.1, 0.15) is 28.8 Å². The summed E-state index contributed by atoms with van der Waals surface area (Å²) in [5.74, 6) is -0.707. The van der Waals surface area contributed by atoms with Crippen LogP contribution in [0.25, 0.3) is 0 Å². The topological polar surface area (TPSA) is 119 Å². The number of nitrogens with zero attached hydrogens (tertiary/aromatic N) is 2. The molecule has 0 aliphatic carbocycles. The third-order valence-corrected chi connectivity index (χ3v) is 6.52. The van der Waals surface area contributed by atoms with Crippen LogP contribution in [-0.4, -0.2) is 70.1 Å². The van der Waals surface area contributed by atoms with Crippen molar-refractivity contribution >= 4 is 23.5 Å². The summed E-state index contributed by atoms with van der Waals surface area (Å²) in [4.78, 5) is 39.6. The number of likely N-dealkylation sites (tertiary alicyclic amines) is 1. The van der Waals surface area contributed by atoms with Crippen LogP contribution >= 0.6 is 0 Å². The van der Waals surface area contributed by atoms with Gasteiger partial charge in [-0.1, -0.05) is 36.4 Å². The molecular formula is C29H31N3O6. The van der Waals surface area contributed by atoms with Crippen LogP contribution in [0.2, 0.25) is 0 Å². The lowest BCUT2D eigenvalue weighted by molar-refractivity contribution is -0.139. The van der Waals surface area contributed by atoms with Crippen molar-refractivity contribution in [2.45, 2.75) is 25.4 Å². The van der Waals surface area contributed by atoms with Crippen molar-refractivity contribution in [2.24, 2.45) is 0 Å². The van der Waals surface area contributed by atoms with E-state index in [2.05, 4.69) is 5.32 Å². The second-order valence-electron chi connectivity index (χ2n) is 9.26. The predicted molar refractivity (Wildman–Crippen MR) is 142 cm³/mol. The summed E-state index contributed by atoms with van der Waals surface area (Å²) in [5.41, 5.74) is 1.44. The summed E-state index contributed by atoms with van der Waals surface area (Å²) >= 11 is 0. The Morgan fingerprint density at radius 3 is 2.16 bits per heavy atom. The highest BCUT2D eigenvalue weighted by Gasteiger charge is 2.28. The number of nitrogens with one attached hydrogen (secondary N) is 1. The standard InChI is InChI=1S/C29H31N3O6/c33-27(30-22-10-12-25(13-11-22)38-24-7-2-1-3-8-24)19-31-16-14-23(15-17-31)32(20-28(34)35)18-21-6-4-5-9-26(21)29(36)37/h1-13,23H,14-20H2,(H,30,33)(H,34,35)(H,36,37). The van der Waals surface area contributed by atoms with Crippen molar-refractivity contribution in [1.82, 2.24) is 9.80 Å². The van der Waals surface area contributed by atoms with E-state index in [1.54, 1.807) is 42.5 Å². The van der Waals surface area contributed by atoms with Gasteiger partial charge in [-0.25, -0.2) is 4.79 Å². The van der Waals surface area contributed by atoms with Gasteiger partial charge in [0.15, 0.2) is 0 Å². The molecule has 0 bridgehead atoms. The number of piperidine rings is 1. The van der Waals surface area contributed by atoms with Crippen LogP contribution < -0.4 is 10.1 Å². The molecule has 0 aromatic heterocycles. The highest BCUT2D eigenvalue weighted by Crippen LogP contribution is 2.23. The molecule has 198 valence electrons. The van der Waals surface area contributed by atoms with Crippen LogP contribution in [0, 0.1) is 0 Å². The quantitative estimate of drug-likeness (QED) is 0.347. The number of anilines is 1. The Bertz CT molecular complexity index is 1240. The van der Waals surface area contributed by atoms with Crippen molar-refractivity contribution in [3.8, 4) is 11.5 Å². The van der Waals surface area contributed by atoms with Crippen LogP contribution in [-0.2, 0) is 16.1 Å². The van der Waals surface area contributed by atoms with Gasteiger partial charge in [0.2, 0.25) is 5.91 Å². The molecule has 1 saturated heterocycles. The molecule has 3 N–H and O–H groups in total. The van der Waals surface area contributed by atoms with E-state index < -0.39 is 11.9 Å². The van der Waals surface area contributed by atoms with Crippen LogP contribution in [0.5, 0.6) is 11.5 Å². The van der Waals surface area contributed by atoms with E-state index in [1.807, 2.05) is 40.1 Å². The van der Waals surface area contributed by atoms with E-state index in [0.29, 0.717) is 42.9 Å². The first-order chi connectivity index (χ1) is 18.4. The average molecular weight is 518 g/mol. The maximum Gasteiger partial charge on any atom is 0.336 e. The third kappa shape index (κ3) is 7.64. The number of aliphatic carboxylic acids is 1. The van der Waals surface area contributed by atoms with E-state index in [4.69, 9.17) is 4.74 Å². The number of carboxylic acid groups (broad SMARTS) is 2. The maximum absolute atomic E-state index is 12.6. The molecule has 0 atom stereocenters. The second-order valence-corrected chi connectivity index (χ2v) is 9.26. The van der Waals surface area contributed by atoms with Crippen molar-refractivity contribution in [3.05, 3.63) is 90.0 Å². The summed E-state index contributed by atoms with van der Waals surface area (Å²) in [7, 11) is 0. The zero-order chi connectivity index (χ0) is 26.9. The number of aromatic carboxylic acids is 1. The molecule has 0 unspecified atom stereocenters. The molecule has 0 saturated carbocycles. The number of benzene rings is 3. The van der Waals surface area contributed by atoms with Gasteiger partial charge < -0.3 is 20.3 Å². The largest absolute Gasteiger partial charge is 0.480 e. The molecule has 4 rings (SSSR count). The van der Waals surface area contributed by atoms with Gasteiger partial charge in [0.1, 0.15) is 11.5 Å². The SMILES string of the molecule is O=C(O)CN(Cc1ccccc1C(=O)O)C1CCN(CC(=O)Nc2ccc(Oc3ccccc3)cc2)CC1. The number of carbonyl (C=O) groups excluding carboxylic acids is 1. The molecule has 3 aromatic carbocycles. The highest BCUT2D eigenvalue weighted by molar-refractivity contribution is 5.92. The molecule has 1 aliphatic rings. The zero-order valence-electron chi connectivity index (χ0n) is 21.0. The number of para-hydroxylation sites is 1. The van der Waals surface area contributed by atoms with Gasteiger partial charge in [0, 0.05) is 31.4 Å². The smallest absolute Gasteiger partial charge is 0.336 e. The van der Waals surface area contributed by atoms with E-state index in [0.717, 1.165) is 5.75 Å². The van der Waals surface area contributed by atoms with E-state index >= 15 is 0 Å². The van der Waals surface area contributed by atoms with Gasteiger partial charge in [0.25, 0.3) is 0 Å². The van der Waals surface area contributed by atoms with Gasteiger partial charge in [-0.05, 0) is 60.9 Å². The van der Waals surface area contributed by atoms with Gasteiger partial charge in [-0.3, -0.25) is 19.4 Å². The lowest BCUT2D eigenvalue weighted by Crippen LogP contribution is -2.47. The molecule has 1 fully saturated rings. The molecule has 1 amide bonds. The van der Waals surface area contributed by atoms with Gasteiger partial charge >= 0.3 is 11.9 Å². The summed E-state index contributed by atoms with van der Waals surface area (Å²) < 4.78 is 5.78. The molecule has 9 nitrogen and oxygen atoms in total. The Hall–Kier alpha value is -4.21. The minimum absolute atomic E-state index is 0.0237. The van der Waals surface area contributed by atoms with Crippen molar-refractivity contribution in [1.29, 1.82) is 0 Å². The summed E-state index contributed by atoms with van der Waals surface area (Å²) in [6.07, 6.45) is 1.36. The Balaban J connectivity index is 1.28. The fourth-order valence-electron chi connectivity index (χ4n) is 4.65. The fraction of sp³-hybridized carbons (Fsp3) is 0.276. The number of carbonyl (C=O) groups is 3. The second kappa shape index (κ2) is 12.8. The minimum Gasteiger partial charge on any atom is -0.480 e. The number of hydrogen-bond acceptors (Lipinski definition) is 6. The molecule has 1 heterocycles. The van der Waals surface area contributed by atoms with E-state index in [-0.39, 0.29) is 37.1 Å². The van der Waals surface area contributed by atoms with E-state index in [1.165, 1.54) is 6.07 Å². The Labute approximate surface area is 221 Å². The average Bonchev–Trinajstić information content (AvgIpc) is 2.90. The maximum atomic E-state index is 12.6. The fourth-order valence-corrected chi connectivity index (χ4v) is 4.65. The number of carboxylic acids is 2. The van der Waals surface area contributed by atoms with Crippen molar-refractivity contribution < 1.29 is 29.3 Å². The Morgan fingerprint density at radius 1 is 0.868 bits per heavy atom. The minimum atomic E-state index is -1.03. The molecule has 38 heavy (non-hydrogen) atoms. The third-order valence-electron chi connectivity index (χ3n) is 6.52. The number of rotatable bonds is 11. The summed E-state index contributed by atoms with van der Waals surface area (Å²) in [6.45, 7) is 1.57. The Morgan fingerprint density at radius 2 is 1.50 bits per heavy atom. The van der Waals surface area contributed by atoms with Crippen LogP contribution in [0.3, 0.4) is 0 Å². The highest BCUT2D eigenvalue weighted by atomic mass is 16.5. The molecule has 1 aliphatic heterocycles. The summed E-state index contributed by atoms with van der Waals surface area (Å²) in [5, 5.41) is 21.8. The molecule has 0 radical (unpaired) electrons. The summed E-state index contributed by atoms with van der Waals surface area (Å²) in [6, 6.07) is 23.3. The normalized spacial score (nSPS) is 14.2. The van der Waals surface area contributed by atoms with E-state index in [9.17, 15) is 24.6 Å². The van der Waals surface area contributed by atoms with Gasteiger partial charge in [-0.2, -0.15) is 0 Å². The number of hydrogen-bond donors (Lipinski definition) is 3. The first kappa shape index (κ1) is 26.8. The first-order valence-electron chi connectivity index (χ1n) is 12.5. The number of amides is 1. The molecular weight excluding hydrogens is 486 g/mol. The Kier molecular flexibility index (Phi) is 9.07.